The van der Waals surface area contributed by atoms with Crippen molar-refractivity contribution >= 4 is 5.97 Å². The Morgan fingerprint density at radius 1 is 1.57 bits per heavy atom. The van der Waals surface area contributed by atoms with E-state index in [1.165, 1.54) is 18.5 Å². The van der Waals surface area contributed by atoms with Gasteiger partial charge in [-0.3, -0.25) is 4.98 Å². The lowest BCUT2D eigenvalue weighted by Gasteiger charge is -2.03. The molecule has 0 unspecified atom stereocenters. The minimum Gasteiger partial charge on any atom is -0.506 e. The van der Waals surface area contributed by atoms with Crippen molar-refractivity contribution in [1.29, 1.82) is 0 Å². The van der Waals surface area contributed by atoms with Crippen LogP contribution in [0.2, 0.25) is 0 Å². The Kier molecular flexibility index (Phi) is 3.91. The van der Waals surface area contributed by atoms with Crippen LogP contribution in [0.3, 0.4) is 0 Å². The lowest BCUT2D eigenvalue weighted by Crippen LogP contribution is -2.06. The Bertz CT molecular complexity index is 312. The molecule has 0 aliphatic carbocycles. The summed E-state index contributed by atoms with van der Waals surface area (Å²) in [5.41, 5.74) is 0.279. The van der Waals surface area contributed by atoms with Gasteiger partial charge in [-0.15, -0.1) is 0 Å². The topological polar surface area (TPSA) is 59.4 Å². The first-order valence-electron chi connectivity index (χ1n) is 4.55. The number of unbranched alkanes of at least 4 members (excludes halogenated alkanes) is 1. The number of hydrogen-bond donors (Lipinski definition) is 1. The van der Waals surface area contributed by atoms with Gasteiger partial charge in [0.15, 0.2) is 0 Å². The highest BCUT2D eigenvalue weighted by molar-refractivity contribution is 5.89. The second-order valence-electron chi connectivity index (χ2n) is 2.92. The maximum Gasteiger partial charge on any atom is 0.339 e. The first kappa shape index (κ1) is 10.5. The van der Waals surface area contributed by atoms with Gasteiger partial charge in [-0.05, 0) is 12.5 Å². The number of nitrogens with zero attached hydrogens (tertiary/aromatic N) is 1. The molecule has 0 aliphatic heterocycles. The maximum absolute atomic E-state index is 11.3. The number of carbonyl (C=O) groups is 1. The highest BCUT2D eigenvalue weighted by Crippen LogP contribution is 2.09. The summed E-state index contributed by atoms with van der Waals surface area (Å²) < 4.78 is 4.93. The van der Waals surface area contributed by atoms with Crippen molar-refractivity contribution in [1.82, 2.24) is 4.98 Å². The van der Waals surface area contributed by atoms with E-state index in [1.807, 2.05) is 6.92 Å². The molecular formula is C10H13NO3. The standard InChI is InChI=1S/C10H13NO3/c1-2-3-4-14-10(13)8-5-9(12)7-11-6-8/h5-7,12H,2-4H2,1H3. The molecule has 0 aromatic carbocycles. The molecule has 0 aliphatic rings. The van der Waals surface area contributed by atoms with Crippen LogP contribution in [-0.4, -0.2) is 22.7 Å². The van der Waals surface area contributed by atoms with Crippen LogP contribution in [0.4, 0.5) is 0 Å². The summed E-state index contributed by atoms with van der Waals surface area (Å²) in [4.78, 5) is 15.0. The fourth-order valence-corrected chi connectivity index (χ4v) is 0.932. The quantitative estimate of drug-likeness (QED) is 0.587. The second kappa shape index (κ2) is 5.21. The largest absolute Gasteiger partial charge is 0.506 e. The minimum absolute atomic E-state index is 0.0325. The molecule has 0 saturated heterocycles. The molecule has 1 rings (SSSR count). The Morgan fingerprint density at radius 2 is 2.36 bits per heavy atom. The number of pyridine rings is 1. The Labute approximate surface area is 82.5 Å². The number of ether oxygens (including phenoxy) is 1. The monoisotopic (exact) mass is 195 g/mol. The third-order valence-electron chi connectivity index (χ3n) is 1.69. The molecule has 1 aromatic rings. The smallest absolute Gasteiger partial charge is 0.339 e. The van der Waals surface area contributed by atoms with Gasteiger partial charge in [0, 0.05) is 6.20 Å². The zero-order valence-electron chi connectivity index (χ0n) is 8.06. The number of hydrogen-bond acceptors (Lipinski definition) is 4. The van der Waals surface area contributed by atoms with Crippen molar-refractivity contribution in [2.24, 2.45) is 0 Å². The Balaban J connectivity index is 2.52. The van der Waals surface area contributed by atoms with Crippen molar-refractivity contribution in [2.45, 2.75) is 19.8 Å². The Morgan fingerprint density at radius 3 is 3.00 bits per heavy atom. The molecule has 0 amide bonds. The van der Waals surface area contributed by atoms with Crippen LogP contribution in [-0.2, 0) is 4.74 Å². The molecular weight excluding hydrogens is 182 g/mol. The van der Waals surface area contributed by atoms with Crippen molar-refractivity contribution in [3.05, 3.63) is 24.0 Å². The number of carbonyl (C=O) groups excluding carboxylic acids is 1. The number of rotatable bonds is 4. The van der Waals surface area contributed by atoms with Gasteiger partial charge in [0.2, 0.25) is 0 Å². The highest BCUT2D eigenvalue weighted by atomic mass is 16.5. The molecule has 1 heterocycles. The van der Waals surface area contributed by atoms with E-state index in [-0.39, 0.29) is 11.3 Å². The van der Waals surface area contributed by atoms with Crippen LogP contribution < -0.4 is 0 Å². The lowest BCUT2D eigenvalue weighted by molar-refractivity contribution is 0.0499. The van der Waals surface area contributed by atoms with Crippen molar-refractivity contribution in [3.63, 3.8) is 0 Å². The fourth-order valence-electron chi connectivity index (χ4n) is 0.932. The van der Waals surface area contributed by atoms with E-state index in [4.69, 9.17) is 9.84 Å². The SMILES string of the molecule is CCCCOC(=O)c1cncc(O)c1. The van der Waals surface area contributed by atoms with Crippen LogP contribution in [0.1, 0.15) is 30.1 Å². The Hall–Kier alpha value is -1.58. The number of aromatic nitrogens is 1. The molecule has 14 heavy (non-hydrogen) atoms. The molecule has 0 spiro atoms. The van der Waals surface area contributed by atoms with E-state index in [2.05, 4.69) is 4.98 Å². The van der Waals surface area contributed by atoms with Crippen molar-refractivity contribution in [3.8, 4) is 5.75 Å². The molecule has 0 atom stereocenters. The normalized spacial score (nSPS) is 9.79. The molecule has 0 fully saturated rings. The van der Waals surface area contributed by atoms with E-state index in [9.17, 15) is 4.79 Å². The molecule has 4 nitrogen and oxygen atoms in total. The highest BCUT2D eigenvalue weighted by Gasteiger charge is 2.07. The number of esters is 1. The van der Waals surface area contributed by atoms with E-state index >= 15 is 0 Å². The van der Waals surface area contributed by atoms with E-state index in [0.29, 0.717) is 6.61 Å². The van der Waals surface area contributed by atoms with Gasteiger partial charge in [0.25, 0.3) is 0 Å². The summed E-state index contributed by atoms with van der Waals surface area (Å²) in [6, 6.07) is 1.33. The molecule has 1 N–H and O–H groups in total. The molecule has 1 aromatic heterocycles. The van der Waals surface area contributed by atoms with Gasteiger partial charge in [-0.25, -0.2) is 4.79 Å². The second-order valence-corrected chi connectivity index (χ2v) is 2.92. The van der Waals surface area contributed by atoms with Crippen LogP contribution >= 0.6 is 0 Å². The first-order valence-corrected chi connectivity index (χ1v) is 4.55. The average Bonchev–Trinajstić information content (AvgIpc) is 2.18. The maximum atomic E-state index is 11.3. The average molecular weight is 195 g/mol. The summed E-state index contributed by atoms with van der Waals surface area (Å²) in [5.74, 6) is -0.475. The summed E-state index contributed by atoms with van der Waals surface area (Å²) in [7, 11) is 0. The van der Waals surface area contributed by atoms with Crippen molar-refractivity contribution < 1.29 is 14.6 Å². The summed E-state index contributed by atoms with van der Waals surface area (Å²) in [5, 5.41) is 9.06. The summed E-state index contributed by atoms with van der Waals surface area (Å²) >= 11 is 0. The van der Waals surface area contributed by atoms with Crippen LogP contribution in [0.5, 0.6) is 5.75 Å². The zero-order valence-corrected chi connectivity index (χ0v) is 8.06. The van der Waals surface area contributed by atoms with Gasteiger partial charge >= 0.3 is 5.97 Å². The lowest BCUT2D eigenvalue weighted by atomic mass is 10.3. The third kappa shape index (κ3) is 3.05. The molecule has 0 saturated carbocycles. The van der Waals surface area contributed by atoms with Gasteiger partial charge < -0.3 is 9.84 Å². The predicted octanol–water partition coefficient (Wildman–Crippen LogP) is 1.74. The van der Waals surface area contributed by atoms with E-state index < -0.39 is 5.97 Å². The zero-order chi connectivity index (χ0) is 10.4. The van der Waals surface area contributed by atoms with Gasteiger partial charge in [-0.2, -0.15) is 0 Å². The minimum atomic E-state index is -0.443. The fraction of sp³-hybridized carbons (Fsp3) is 0.400. The molecule has 4 heteroatoms. The van der Waals surface area contributed by atoms with Gasteiger partial charge in [0.05, 0.1) is 18.4 Å². The van der Waals surface area contributed by atoms with Crippen molar-refractivity contribution in [2.75, 3.05) is 6.61 Å². The number of aromatic hydroxyl groups is 1. The van der Waals surface area contributed by atoms with Crippen LogP contribution in [0.25, 0.3) is 0 Å². The molecule has 76 valence electrons. The summed E-state index contributed by atoms with van der Waals surface area (Å²) in [6.45, 7) is 2.43. The van der Waals surface area contributed by atoms with Gasteiger partial charge in [0.1, 0.15) is 5.75 Å². The third-order valence-corrected chi connectivity index (χ3v) is 1.69. The van der Waals surface area contributed by atoms with Crippen LogP contribution in [0.15, 0.2) is 18.5 Å². The predicted molar refractivity (Wildman–Crippen MR) is 51.1 cm³/mol. The van der Waals surface area contributed by atoms with E-state index in [1.54, 1.807) is 0 Å². The molecule has 0 bridgehead atoms. The van der Waals surface area contributed by atoms with Crippen LogP contribution in [0, 0.1) is 0 Å². The first-order chi connectivity index (χ1) is 6.74. The summed E-state index contributed by atoms with van der Waals surface area (Å²) in [6.07, 6.45) is 4.46. The molecule has 0 radical (unpaired) electrons. The van der Waals surface area contributed by atoms with E-state index in [0.717, 1.165) is 12.8 Å². The van der Waals surface area contributed by atoms with Gasteiger partial charge in [-0.1, -0.05) is 13.3 Å².